The summed E-state index contributed by atoms with van der Waals surface area (Å²) in [6.07, 6.45) is 2.13. The van der Waals surface area contributed by atoms with E-state index in [-0.39, 0.29) is 12.1 Å². The van der Waals surface area contributed by atoms with Crippen LogP contribution in [-0.2, 0) is 4.74 Å². The zero-order valence-electron chi connectivity index (χ0n) is 15.0. The summed E-state index contributed by atoms with van der Waals surface area (Å²) in [4.78, 5) is 11.2. The Morgan fingerprint density at radius 2 is 2.08 bits per heavy atom. The molecule has 2 heterocycles. The first-order chi connectivity index (χ1) is 12.6. The maximum absolute atomic E-state index is 11.2. The number of carbonyl (C=O) groups is 1. The topological polar surface area (TPSA) is 67.8 Å². The maximum atomic E-state index is 11.2. The van der Waals surface area contributed by atoms with Gasteiger partial charge in [-0.15, -0.1) is 0 Å². The number of fused-ring (bicyclic) bond motifs is 3. The van der Waals surface area contributed by atoms with Crippen molar-refractivity contribution >= 4 is 11.7 Å². The van der Waals surface area contributed by atoms with Gasteiger partial charge < -0.3 is 19.9 Å². The van der Waals surface area contributed by atoms with Crippen LogP contribution in [0, 0.1) is 12.8 Å². The lowest BCUT2D eigenvalue weighted by Crippen LogP contribution is -2.36. The highest BCUT2D eigenvalue weighted by Gasteiger charge is 2.40. The summed E-state index contributed by atoms with van der Waals surface area (Å²) in [5.41, 5.74) is 4.65. The summed E-state index contributed by atoms with van der Waals surface area (Å²) in [5, 5.41) is 12.9. The molecule has 0 unspecified atom stereocenters. The molecule has 0 amide bonds. The smallest absolute Gasteiger partial charge is 0.335 e. The quantitative estimate of drug-likeness (QED) is 0.859. The minimum absolute atomic E-state index is 0.0265. The van der Waals surface area contributed by atoms with E-state index in [1.807, 2.05) is 25.1 Å². The summed E-state index contributed by atoms with van der Waals surface area (Å²) in [6.45, 7) is 2.74. The number of methoxy groups -OCH3 is 1. The van der Waals surface area contributed by atoms with Crippen molar-refractivity contribution in [3.05, 3.63) is 58.7 Å². The van der Waals surface area contributed by atoms with Crippen LogP contribution in [0.3, 0.4) is 0 Å². The Morgan fingerprint density at radius 1 is 1.23 bits per heavy atom. The van der Waals surface area contributed by atoms with E-state index < -0.39 is 5.97 Å². The molecule has 2 N–H and O–H groups in total. The van der Waals surface area contributed by atoms with Crippen LogP contribution in [0.25, 0.3) is 0 Å². The normalized spacial score (nSPS) is 24.2. The van der Waals surface area contributed by atoms with E-state index >= 15 is 0 Å². The Balaban J connectivity index is 1.76. The van der Waals surface area contributed by atoms with Gasteiger partial charge in [-0.3, -0.25) is 0 Å². The van der Waals surface area contributed by atoms with Gasteiger partial charge in [-0.05, 0) is 61.2 Å². The molecule has 1 fully saturated rings. The van der Waals surface area contributed by atoms with Gasteiger partial charge >= 0.3 is 5.97 Å². The van der Waals surface area contributed by atoms with Crippen molar-refractivity contribution in [3.8, 4) is 5.75 Å². The van der Waals surface area contributed by atoms with Crippen molar-refractivity contribution < 1.29 is 19.4 Å². The van der Waals surface area contributed by atoms with E-state index in [4.69, 9.17) is 9.47 Å². The molecule has 2 aliphatic rings. The predicted octanol–water partition coefficient (Wildman–Crippen LogP) is 4.34. The molecule has 0 radical (unpaired) electrons. The molecule has 0 saturated carbocycles. The molecule has 136 valence electrons. The Labute approximate surface area is 152 Å². The Kier molecular flexibility index (Phi) is 4.32. The highest BCUT2D eigenvalue weighted by Crippen LogP contribution is 2.50. The molecule has 2 aromatic rings. The third-order valence-electron chi connectivity index (χ3n) is 5.52. The van der Waals surface area contributed by atoms with Crippen LogP contribution >= 0.6 is 0 Å². The van der Waals surface area contributed by atoms with Gasteiger partial charge in [-0.2, -0.15) is 0 Å². The lowest BCUT2D eigenvalue weighted by Gasteiger charge is -2.43. The zero-order valence-corrected chi connectivity index (χ0v) is 15.0. The summed E-state index contributed by atoms with van der Waals surface area (Å²) >= 11 is 0. The lowest BCUT2D eigenvalue weighted by atomic mass is 9.76. The number of anilines is 1. The molecule has 0 spiro atoms. The Morgan fingerprint density at radius 3 is 2.81 bits per heavy atom. The van der Waals surface area contributed by atoms with Crippen LogP contribution in [0.5, 0.6) is 5.75 Å². The first-order valence-electron chi connectivity index (χ1n) is 8.98. The standard InChI is InChI=1S/C21H23NO4/c1-12-10-13(21(23)24)5-7-15(12)19-16-4-3-9-26-20(16)17-11-14(25-2)6-8-18(17)22-19/h5-8,10-11,16,19-20,22H,3-4,9H2,1-2H3,(H,23,24)/t16-,19+,20-/m1/s1. The van der Waals surface area contributed by atoms with Crippen molar-refractivity contribution in [2.24, 2.45) is 5.92 Å². The molecular formula is C21H23NO4. The van der Waals surface area contributed by atoms with Gasteiger partial charge in [0.1, 0.15) is 5.75 Å². The number of carboxylic acid groups (broad SMARTS) is 1. The molecule has 5 nitrogen and oxygen atoms in total. The molecule has 4 rings (SSSR count). The third kappa shape index (κ3) is 2.82. The second kappa shape index (κ2) is 6.65. The van der Waals surface area contributed by atoms with E-state index in [2.05, 4.69) is 11.4 Å². The Bertz CT molecular complexity index is 848. The summed E-state index contributed by atoms with van der Waals surface area (Å²) in [7, 11) is 1.67. The van der Waals surface area contributed by atoms with Gasteiger partial charge in [0.05, 0.1) is 24.8 Å². The SMILES string of the molecule is COc1ccc2c(c1)[C@@H]1OCCC[C@@H]1[C@H](c1ccc(C(=O)O)cc1C)N2. The largest absolute Gasteiger partial charge is 0.497 e. The van der Waals surface area contributed by atoms with Gasteiger partial charge in [-0.25, -0.2) is 4.79 Å². The molecule has 0 aliphatic carbocycles. The number of rotatable bonds is 3. The number of hydrogen-bond acceptors (Lipinski definition) is 4. The molecule has 5 heteroatoms. The fraction of sp³-hybridized carbons (Fsp3) is 0.381. The van der Waals surface area contributed by atoms with Gasteiger partial charge in [0, 0.05) is 23.8 Å². The molecule has 0 aromatic heterocycles. The zero-order chi connectivity index (χ0) is 18.3. The molecule has 26 heavy (non-hydrogen) atoms. The number of aromatic carboxylic acids is 1. The molecule has 0 bridgehead atoms. The van der Waals surface area contributed by atoms with Crippen molar-refractivity contribution in [1.29, 1.82) is 0 Å². The summed E-state index contributed by atoms with van der Waals surface area (Å²) < 4.78 is 11.6. The number of aryl methyl sites for hydroxylation is 1. The van der Waals surface area contributed by atoms with Gasteiger partial charge in [0.15, 0.2) is 0 Å². The molecular weight excluding hydrogens is 330 g/mol. The lowest BCUT2D eigenvalue weighted by molar-refractivity contribution is -0.0382. The van der Waals surface area contributed by atoms with E-state index in [9.17, 15) is 9.90 Å². The molecule has 2 aliphatic heterocycles. The predicted molar refractivity (Wildman–Crippen MR) is 98.9 cm³/mol. The van der Waals surface area contributed by atoms with Crippen molar-refractivity contribution in [2.45, 2.75) is 31.9 Å². The highest BCUT2D eigenvalue weighted by atomic mass is 16.5. The van der Waals surface area contributed by atoms with Crippen molar-refractivity contribution in [1.82, 2.24) is 0 Å². The second-order valence-electron chi connectivity index (χ2n) is 7.05. The highest BCUT2D eigenvalue weighted by molar-refractivity contribution is 5.88. The molecule has 1 saturated heterocycles. The van der Waals surface area contributed by atoms with Gasteiger partial charge in [-0.1, -0.05) is 6.07 Å². The van der Waals surface area contributed by atoms with E-state index in [1.54, 1.807) is 19.2 Å². The first kappa shape index (κ1) is 16.9. The van der Waals surface area contributed by atoms with E-state index in [0.29, 0.717) is 11.5 Å². The number of ether oxygens (including phenoxy) is 2. The number of benzene rings is 2. The van der Waals surface area contributed by atoms with Crippen LogP contribution in [0.4, 0.5) is 5.69 Å². The van der Waals surface area contributed by atoms with Crippen molar-refractivity contribution in [2.75, 3.05) is 19.0 Å². The number of hydrogen-bond donors (Lipinski definition) is 2. The minimum atomic E-state index is -0.896. The van der Waals surface area contributed by atoms with E-state index in [1.165, 1.54) is 0 Å². The number of nitrogens with one attached hydrogen (secondary N) is 1. The second-order valence-corrected chi connectivity index (χ2v) is 7.05. The maximum Gasteiger partial charge on any atom is 0.335 e. The van der Waals surface area contributed by atoms with Crippen LogP contribution in [0.1, 0.15) is 52.0 Å². The van der Waals surface area contributed by atoms with E-state index in [0.717, 1.165) is 47.6 Å². The van der Waals surface area contributed by atoms with Crippen LogP contribution in [0.2, 0.25) is 0 Å². The minimum Gasteiger partial charge on any atom is -0.497 e. The fourth-order valence-electron chi connectivity index (χ4n) is 4.24. The average molecular weight is 353 g/mol. The van der Waals surface area contributed by atoms with Crippen molar-refractivity contribution in [3.63, 3.8) is 0 Å². The average Bonchev–Trinajstić information content (AvgIpc) is 2.67. The fourth-order valence-corrected chi connectivity index (χ4v) is 4.24. The van der Waals surface area contributed by atoms with Gasteiger partial charge in [0.2, 0.25) is 0 Å². The Hall–Kier alpha value is -2.53. The summed E-state index contributed by atoms with van der Waals surface area (Å²) in [5.74, 6) is 0.240. The van der Waals surface area contributed by atoms with Gasteiger partial charge in [0.25, 0.3) is 0 Å². The monoisotopic (exact) mass is 353 g/mol. The van der Waals surface area contributed by atoms with Crippen LogP contribution in [-0.4, -0.2) is 24.8 Å². The summed E-state index contributed by atoms with van der Waals surface area (Å²) in [6, 6.07) is 11.5. The first-order valence-corrected chi connectivity index (χ1v) is 8.98. The molecule has 2 aromatic carbocycles. The van der Waals surface area contributed by atoms with Crippen LogP contribution < -0.4 is 10.1 Å². The third-order valence-corrected chi connectivity index (χ3v) is 5.52. The van der Waals surface area contributed by atoms with Crippen LogP contribution in [0.15, 0.2) is 36.4 Å². The molecule has 3 atom stereocenters. The number of carboxylic acids is 1.